The second-order valence-electron chi connectivity index (χ2n) is 6.50. The first-order valence-corrected chi connectivity index (χ1v) is 8.99. The van der Waals surface area contributed by atoms with Crippen molar-refractivity contribution in [1.82, 2.24) is 4.98 Å². The van der Waals surface area contributed by atoms with Crippen LogP contribution in [0.1, 0.15) is 12.0 Å². The number of carbonyl (C=O) groups excluding carboxylic acids is 1. The Hall–Kier alpha value is -2.57. The number of aliphatic carboxylic acids is 1. The van der Waals surface area contributed by atoms with Crippen LogP contribution in [-0.4, -0.2) is 28.5 Å². The van der Waals surface area contributed by atoms with Crippen LogP contribution in [-0.2, 0) is 9.59 Å². The molecule has 1 aliphatic heterocycles. The molecular formula is C19H14Cl2N2O4. The lowest BCUT2D eigenvalue weighted by molar-refractivity contribution is -0.141. The summed E-state index contributed by atoms with van der Waals surface area (Å²) in [4.78, 5) is 29.5. The second-order valence-corrected chi connectivity index (χ2v) is 7.34. The fraction of sp³-hybridized carbons (Fsp3) is 0.211. The third-order valence-corrected chi connectivity index (χ3v) is 5.13. The maximum Gasteiger partial charge on any atom is 0.308 e. The van der Waals surface area contributed by atoms with Crippen molar-refractivity contribution in [3.8, 4) is 11.5 Å². The monoisotopic (exact) mass is 404 g/mol. The van der Waals surface area contributed by atoms with E-state index in [-0.39, 0.29) is 18.9 Å². The van der Waals surface area contributed by atoms with Crippen LogP contribution >= 0.6 is 23.2 Å². The molecule has 1 atom stereocenters. The number of halogens is 2. The molecule has 0 saturated carbocycles. The SMILES string of the molecule is Cc1ccc(-c2nc3cc(Cl)cc(Cl)c3o2)cc1N1C[C@@H](C(=O)O)CC1=O. The minimum absolute atomic E-state index is 0.00397. The number of benzene rings is 2. The quantitative estimate of drug-likeness (QED) is 0.691. The number of fused-ring (bicyclic) bond motifs is 1. The molecule has 3 aromatic rings. The van der Waals surface area contributed by atoms with Gasteiger partial charge in [-0.15, -0.1) is 0 Å². The summed E-state index contributed by atoms with van der Waals surface area (Å²) >= 11 is 12.2. The molecule has 2 heterocycles. The first-order valence-electron chi connectivity index (χ1n) is 8.23. The zero-order valence-corrected chi connectivity index (χ0v) is 15.7. The van der Waals surface area contributed by atoms with E-state index in [0.717, 1.165) is 5.56 Å². The van der Waals surface area contributed by atoms with Crippen LogP contribution in [0.5, 0.6) is 0 Å². The number of hydrogen-bond donors (Lipinski definition) is 1. The largest absolute Gasteiger partial charge is 0.481 e. The van der Waals surface area contributed by atoms with Gasteiger partial charge in [-0.1, -0.05) is 29.3 Å². The molecule has 1 N–H and O–H groups in total. The molecule has 138 valence electrons. The van der Waals surface area contributed by atoms with Crippen LogP contribution in [0, 0.1) is 12.8 Å². The molecule has 27 heavy (non-hydrogen) atoms. The summed E-state index contributed by atoms with van der Waals surface area (Å²) in [6.07, 6.45) is -0.00397. The van der Waals surface area contributed by atoms with Gasteiger partial charge in [0.1, 0.15) is 5.52 Å². The highest BCUT2D eigenvalue weighted by atomic mass is 35.5. The van der Waals surface area contributed by atoms with E-state index in [1.165, 1.54) is 4.90 Å². The van der Waals surface area contributed by atoms with E-state index < -0.39 is 11.9 Å². The van der Waals surface area contributed by atoms with E-state index in [0.29, 0.717) is 38.3 Å². The number of anilines is 1. The van der Waals surface area contributed by atoms with Gasteiger partial charge < -0.3 is 14.4 Å². The number of rotatable bonds is 3. The van der Waals surface area contributed by atoms with Crippen LogP contribution in [0.15, 0.2) is 34.7 Å². The van der Waals surface area contributed by atoms with Crippen molar-refractivity contribution in [1.29, 1.82) is 0 Å². The van der Waals surface area contributed by atoms with Crippen LogP contribution < -0.4 is 4.90 Å². The molecule has 0 bridgehead atoms. The van der Waals surface area contributed by atoms with Crippen molar-refractivity contribution >= 4 is 51.9 Å². The van der Waals surface area contributed by atoms with Gasteiger partial charge in [-0.2, -0.15) is 0 Å². The fourth-order valence-corrected chi connectivity index (χ4v) is 3.74. The molecule has 1 saturated heterocycles. The summed E-state index contributed by atoms with van der Waals surface area (Å²) in [5.41, 5.74) is 3.13. The third kappa shape index (κ3) is 3.15. The lowest BCUT2D eigenvalue weighted by Gasteiger charge is -2.19. The number of amides is 1. The summed E-state index contributed by atoms with van der Waals surface area (Å²) in [5.74, 6) is -1.54. The topological polar surface area (TPSA) is 83.6 Å². The van der Waals surface area contributed by atoms with Gasteiger partial charge in [-0.3, -0.25) is 9.59 Å². The molecule has 0 radical (unpaired) electrons. The van der Waals surface area contributed by atoms with Gasteiger partial charge in [0.15, 0.2) is 5.58 Å². The lowest BCUT2D eigenvalue weighted by Crippen LogP contribution is -2.26. The first-order chi connectivity index (χ1) is 12.8. The summed E-state index contributed by atoms with van der Waals surface area (Å²) in [5, 5.41) is 10.0. The minimum Gasteiger partial charge on any atom is -0.481 e. The number of nitrogens with zero attached hydrogens (tertiary/aromatic N) is 2. The Morgan fingerprint density at radius 1 is 1.30 bits per heavy atom. The van der Waals surface area contributed by atoms with E-state index in [9.17, 15) is 14.7 Å². The van der Waals surface area contributed by atoms with Gasteiger partial charge >= 0.3 is 5.97 Å². The maximum atomic E-state index is 12.3. The van der Waals surface area contributed by atoms with Crippen LogP contribution in [0.3, 0.4) is 0 Å². The van der Waals surface area contributed by atoms with Crippen LogP contribution in [0.2, 0.25) is 10.0 Å². The minimum atomic E-state index is -0.967. The Balaban J connectivity index is 1.76. The summed E-state index contributed by atoms with van der Waals surface area (Å²) in [6, 6.07) is 8.68. The summed E-state index contributed by atoms with van der Waals surface area (Å²) < 4.78 is 5.78. The molecule has 0 aliphatic carbocycles. The Labute approximate surface area is 164 Å². The summed E-state index contributed by atoms with van der Waals surface area (Å²) in [6.45, 7) is 2.01. The molecule has 0 spiro atoms. The molecule has 1 fully saturated rings. The predicted octanol–water partition coefficient (Wildman–Crippen LogP) is 4.55. The molecule has 8 heteroatoms. The van der Waals surface area contributed by atoms with E-state index in [4.69, 9.17) is 27.6 Å². The fourth-order valence-electron chi connectivity index (χ4n) is 3.22. The number of carboxylic acid groups (broad SMARTS) is 1. The molecular weight excluding hydrogens is 391 g/mol. The molecule has 4 rings (SSSR count). The molecule has 0 unspecified atom stereocenters. The second kappa shape index (κ2) is 6.55. The zero-order valence-electron chi connectivity index (χ0n) is 14.2. The van der Waals surface area contributed by atoms with Gasteiger partial charge in [0.25, 0.3) is 0 Å². The van der Waals surface area contributed by atoms with Crippen molar-refractivity contribution in [2.45, 2.75) is 13.3 Å². The molecule has 6 nitrogen and oxygen atoms in total. The van der Waals surface area contributed by atoms with Crippen molar-refractivity contribution in [2.24, 2.45) is 5.92 Å². The number of oxazole rings is 1. The van der Waals surface area contributed by atoms with Gasteiger partial charge in [0.2, 0.25) is 11.8 Å². The number of aromatic nitrogens is 1. The lowest BCUT2D eigenvalue weighted by atomic mass is 10.1. The highest BCUT2D eigenvalue weighted by Gasteiger charge is 2.35. The number of hydrogen-bond acceptors (Lipinski definition) is 4. The van der Waals surface area contributed by atoms with Crippen molar-refractivity contribution in [3.05, 3.63) is 45.9 Å². The molecule has 1 aromatic heterocycles. The number of aryl methyl sites for hydroxylation is 1. The molecule has 2 aromatic carbocycles. The molecule has 1 amide bonds. The highest BCUT2D eigenvalue weighted by Crippen LogP contribution is 2.35. The van der Waals surface area contributed by atoms with Crippen molar-refractivity contribution < 1.29 is 19.1 Å². The Morgan fingerprint density at radius 2 is 2.07 bits per heavy atom. The predicted molar refractivity (Wildman–Crippen MR) is 102 cm³/mol. The number of carboxylic acids is 1. The molecule has 1 aliphatic rings. The maximum absolute atomic E-state index is 12.3. The van der Waals surface area contributed by atoms with Crippen molar-refractivity contribution in [2.75, 3.05) is 11.4 Å². The van der Waals surface area contributed by atoms with Gasteiger partial charge in [0, 0.05) is 29.2 Å². The van der Waals surface area contributed by atoms with Gasteiger partial charge in [-0.25, -0.2) is 4.98 Å². The number of carbonyl (C=O) groups is 2. The summed E-state index contributed by atoms with van der Waals surface area (Å²) in [7, 11) is 0. The Kier molecular flexibility index (Phi) is 4.32. The smallest absolute Gasteiger partial charge is 0.308 e. The Morgan fingerprint density at radius 3 is 2.78 bits per heavy atom. The zero-order chi connectivity index (χ0) is 19.3. The standard InChI is InChI=1S/C19H14Cl2N2O4/c1-9-2-3-10(4-15(9)23-8-11(19(25)26)5-16(23)24)18-22-14-7-12(20)6-13(21)17(14)27-18/h2-4,6-7,11H,5,8H2,1H3,(H,25,26)/t11-/m0/s1. The van der Waals surface area contributed by atoms with E-state index in [1.807, 2.05) is 19.1 Å². The first kappa shape index (κ1) is 17.8. The van der Waals surface area contributed by atoms with E-state index >= 15 is 0 Å². The van der Waals surface area contributed by atoms with E-state index in [2.05, 4.69) is 4.98 Å². The van der Waals surface area contributed by atoms with Crippen LogP contribution in [0.25, 0.3) is 22.6 Å². The van der Waals surface area contributed by atoms with Gasteiger partial charge in [0.05, 0.1) is 10.9 Å². The van der Waals surface area contributed by atoms with Crippen molar-refractivity contribution in [3.63, 3.8) is 0 Å². The average molecular weight is 405 g/mol. The van der Waals surface area contributed by atoms with Crippen LogP contribution in [0.4, 0.5) is 5.69 Å². The van der Waals surface area contributed by atoms with Gasteiger partial charge in [-0.05, 0) is 36.8 Å². The van der Waals surface area contributed by atoms with E-state index in [1.54, 1.807) is 18.2 Å². The normalized spacial score (nSPS) is 17.1. The highest BCUT2D eigenvalue weighted by molar-refractivity contribution is 6.38. The third-order valence-electron chi connectivity index (χ3n) is 4.63. The average Bonchev–Trinajstić information content (AvgIpc) is 3.19. The Bertz CT molecular complexity index is 1090.